The lowest BCUT2D eigenvalue weighted by molar-refractivity contribution is 0.473. The Morgan fingerprint density at radius 2 is 2.04 bits per heavy atom. The lowest BCUT2D eigenvalue weighted by Gasteiger charge is -2.02. The summed E-state index contributed by atoms with van der Waals surface area (Å²) in [6.07, 6.45) is 1.49. The average Bonchev–Trinajstić information content (AvgIpc) is 3.16. The number of nitrogens with zero attached hydrogens (tertiary/aromatic N) is 4. The minimum absolute atomic E-state index is 0.190. The quantitative estimate of drug-likeness (QED) is 0.662. The minimum atomic E-state index is -0.190. The van der Waals surface area contributed by atoms with E-state index in [-0.39, 0.29) is 5.69 Å². The van der Waals surface area contributed by atoms with Crippen LogP contribution >= 0.6 is 11.8 Å². The first kappa shape index (κ1) is 16.5. The van der Waals surface area contributed by atoms with Crippen molar-refractivity contribution in [1.82, 2.24) is 25.0 Å². The van der Waals surface area contributed by atoms with Crippen molar-refractivity contribution in [3.05, 3.63) is 57.7 Å². The molecule has 0 atom stereocenters. The number of thioether (sulfide) groups is 1. The summed E-state index contributed by atoms with van der Waals surface area (Å²) in [4.78, 5) is 11.7. The van der Waals surface area contributed by atoms with Gasteiger partial charge in [0.2, 0.25) is 11.8 Å². The smallest absolute Gasteiger partial charge is 0.343 e. The highest BCUT2D eigenvalue weighted by atomic mass is 32.2. The van der Waals surface area contributed by atoms with E-state index < -0.39 is 0 Å². The van der Waals surface area contributed by atoms with Gasteiger partial charge in [-0.2, -0.15) is 0 Å². The Labute approximate surface area is 143 Å². The highest BCUT2D eigenvalue weighted by Crippen LogP contribution is 2.20. The molecule has 7 nitrogen and oxygen atoms in total. The number of benzene rings is 1. The lowest BCUT2D eigenvalue weighted by Crippen LogP contribution is -2.17. The topological polar surface area (TPSA) is 89.6 Å². The molecule has 2 heterocycles. The van der Waals surface area contributed by atoms with Crippen LogP contribution in [0.25, 0.3) is 0 Å². The van der Waals surface area contributed by atoms with Crippen molar-refractivity contribution in [1.29, 1.82) is 0 Å². The second-order valence-corrected chi connectivity index (χ2v) is 6.39. The van der Waals surface area contributed by atoms with Gasteiger partial charge in [0, 0.05) is 6.54 Å². The van der Waals surface area contributed by atoms with Gasteiger partial charge < -0.3 is 4.42 Å². The third-order valence-electron chi connectivity index (χ3n) is 3.61. The zero-order valence-corrected chi connectivity index (χ0v) is 14.5. The first-order valence-electron chi connectivity index (χ1n) is 7.81. The number of rotatable bonds is 7. The molecular weight excluding hydrogens is 326 g/mol. The maximum atomic E-state index is 11.7. The SMILES string of the molecule is CCCn1c(SCc2nnc(Cc3ccccc3C)o2)n[nH]c1=O. The molecule has 0 fully saturated rings. The van der Waals surface area contributed by atoms with Gasteiger partial charge in [0.25, 0.3) is 0 Å². The summed E-state index contributed by atoms with van der Waals surface area (Å²) in [6.45, 7) is 4.72. The fraction of sp³-hybridized carbons (Fsp3) is 0.375. The van der Waals surface area contributed by atoms with Crippen LogP contribution in [0.4, 0.5) is 0 Å². The number of aromatic amines is 1. The Bertz CT molecular complexity index is 867. The van der Waals surface area contributed by atoms with E-state index in [0.717, 1.165) is 6.42 Å². The van der Waals surface area contributed by atoms with Gasteiger partial charge in [-0.25, -0.2) is 9.89 Å². The molecule has 0 saturated heterocycles. The van der Waals surface area contributed by atoms with Crippen molar-refractivity contribution in [2.45, 2.75) is 44.1 Å². The predicted octanol–water partition coefficient (Wildman–Crippen LogP) is 2.56. The summed E-state index contributed by atoms with van der Waals surface area (Å²) in [5.74, 6) is 1.60. The molecule has 0 aliphatic carbocycles. The van der Waals surface area contributed by atoms with Crippen LogP contribution < -0.4 is 5.69 Å². The molecule has 0 aliphatic heterocycles. The number of nitrogens with one attached hydrogen (secondary N) is 1. The van der Waals surface area contributed by atoms with Crippen LogP contribution in [0.15, 0.2) is 38.6 Å². The molecule has 3 rings (SSSR count). The van der Waals surface area contributed by atoms with Crippen LogP contribution in [-0.2, 0) is 18.7 Å². The van der Waals surface area contributed by atoms with E-state index >= 15 is 0 Å². The molecule has 0 radical (unpaired) electrons. The Kier molecular flexibility index (Phi) is 5.14. The van der Waals surface area contributed by atoms with Crippen LogP contribution in [-0.4, -0.2) is 25.0 Å². The summed E-state index contributed by atoms with van der Waals surface area (Å²) in [5.41, 5.74) is 2.18. The van der Waals surface area contributed by atoms with Gasteiger partial charge in [0.05, 0.1) is 12.2 Å². The summed E-state index contributed by atoms with van der Waals surface area (Å²) in [6, 6.07) is 8.13. The van der Waals surface area contributed by atoms with E-state index in [0.29, 0.717) is 35.7 Å². The molecule has 3 aromatic rings. The first-order valence-corrected chi connectivity index (χ1v) is 8.79. The summed E-state index contributed by atoms with van der Waals surface area (Å²) in [5, 5.41) is 15.3. The molecule has 0 aliphatic rings. The van der Waals surface area contributed by atoms with E-state index in [2.05, 4.69) is 39.5 Å². The van der Waals surface area contributed by atoms with Crippen molar-refractivity contribution < 1.29 is 4.42 Å². The Morgan fingerprint density at radius 1 is 1.25 bits per heavy atom. The molecule has 0 saturated carbocycles. The maximum absolute atomic E-state index is 11.7. The molecule has 0 amide bonds. The maximum Gasteiger partial charge on any atom is 0.343 e. The van der Waals surface area contributed by atoms with E-state index in [1.807, 2.05) is 19.1 Å². The number of hydrogen-bond acceptors (Lipinski definition) is 6. The molecule has 126 valence electrons. The highest BCUT2D eigenvalue weighted by molar-refractivity contribution is 7.98. The summed E-state index contributed by atoms with van der Waals surface area (Å²) in [7, 11) is 0. The fourth-order valence-electron chi connectivity index (χ4n) is 2.35. The third-order valence-corrected chi connectivity index (χ3v) is 4.57. The molecule has 2 aromatic heterocycles. The zero-order chi connectivity index (χ0) is 16.9. The van der Waals surface area contributed by atoms with Crippen LogP contribution in [0.5, 0.6) is 0 Å². The molecule has 24 heavy (non-hydrogen) atoms. The molecular formula is C16H19N5O2S. The van der Waals surface area contributed by atoms with Crippen molar-refractivity contribution in [3.63, 3.8) is 0 Å². The minimum Gasteiger partial charge on any atom is -0.424 e. The monoisotopic (exact) mass is 345 g/mol. The third kappa shape index (κ3) is 3.76. The molecule has 0 unspecified atom stereocenters. The van der Waals surface area contributed by atoms with Crippen LogP contribution in [0.1, 0.15) is 36.3 Å². The van der Waals surface area contributed by atoms with Crippen molar-refractivity contribution in [2.75, 3.05) is 0 Å². The van der Waals surface area contributed by atoms with Gasteiger partial charge in [-0.15, -0.1) is 15.3 Å². The Morgan fingerprint density at radius 3 is 2.83 bits per heavy atom. The second-order valence-electron chi connectivity index (χ2n) is 5.44. The largest absolute Gasteiger partial charge is 0.424 e. The normalized spacial score (nSPS) is 11.1. The molecule has 8 heteroatoms. The summed E-state index contributed by atoms with van der Waals surface area (Å²) < 4.78 is 7.32. The van der Waals surface area contributed by atoms with Crippen molar-refractivity contribution >= 4 is 11.8 Å². The molecule has 0 bridgehead atoms. The Balaban J connectivity index is 1.65. The van der Waals surface area contributed by atoms with Crippen molar-refractivity contribution in [2.24, 2.45) is 0 Å². The predicted molar refractivity (Wildman–Crippen MR) is 91.0 cm³/mol. The zero-order valence-electron chi connectivity index (χ0n) is 13.7. The number of H-pyrrole nitrogens is 1. The number of hydrogen-bond donors (Lipinski definition) is 1. The summed E-state index contributed by atoms with van der Waals surface area (Å²) >= 11 is 1.41. The average molecular weight is 345 g/mol. The standard InChI is InChI=1S/C16H19N5O2S/c1-3-8-21-15(22)19-20-16(21)24-10-14-18-17-13(23-14)9-12-7-5-4-6-11(12)2/h4-7H,3,8-10H2,1-2H3,(H,19,22). The van der Waals surface area contributed by atoms with Crippen molar-refractivity contribution in [3.8, 4) is 0 Å². The van der Waals surface area contributed by atoms with Gasteiger partial charge in [-0.3, -0.25) is 4.57 Å². The van der Waals surface area contributed by atoms with Gasteiger partial charge >= 0.3 is 5.69 Å². The number of aryl methyl sites for hydroxylation is 1. The highest BCUT2D eigenvalue weighted by Gasteiger charge is 2.12. The van der Waals surface area contributed by atoms with E-state index in [1.54, 1.807) is 4.57 Å². The van der Waals surface area contributed by atoms with Crippen LogP contribution in [0.3, 0.4) is 0 Å². The Hall–Kier alpha value is -2.35. The first-order chi connectivity index (χ1) is 11.7. The van der Waals surface area contributed by atoms with Gasteiger partial charge in [0.1, 0.15) is 0 Å². The van der Waals surface area contributed by atoms with Gasteiger partial charge in [-0.1, -0.05) is 43.0 Å². The number of aromatic nitrogens is 5. The molecule has 1 aromatic carbocycles. The molecule has 0 spiro atoms. The van der Waals surface area contributed by atoms with E-state index in [1.165, 1.54) is 22.9 Å². The fourth-order valence-corrected chi connectivity index (χ4v) is 3.16. The molecule has 1 N–H and O–H groups in total. The van der Waals surface area contributed by atoms with E-state index in [4.69, 9.17) is 4.42 Å². The van der Waals surface area contributed by atoms with Gasteiger partial charge in [-0.05, 0) is 24.5 Å². The van der Waals surface area contributed by atoms with E-state index in [9.17, 15) is 4.79 Å². The van der Waals surface area contributed by atoms with Gasteiger partial charge in [0.15, 0.2) is 5.16 Å². The van der Waals surface area contributed by atoms with Crippen LogP contribution in [0.2, 0.25) is 0 Å². The second kappa shape index (κ2) is 7.48. The van der Waals surface area contributed by atoms with Crippen LogP contribution in [0, 0.1) is 6.92 Å². The lowest BCUT2D eigenvalue weighted by atomic mass is 10.1.